The minimum atomic E-state index is -3.79. The molecule has 0 radical (unpaired) electrons. The maximum absolute atomic E-state index is 12.7. The maximum atomic E-state index is 12.7. The van der Waals surface area contributed by atoms with Crippen LogP contribution in [-0.2, 0) is 14.8 Å². The molecule has 8 heteroatoms. The molecule has 7 nitrogen and oxygen atoms in total. The monoisotopic (exact) mass is 382 g/mol. The first-order valence-corrected chi connectivity index (χ1v) is 9.58. The van der Waals surface area contributed by atoms with Crippen LogP contribution in [0.25, 0.3) is 10.8 Å². The lowest BCUT2D eigenvalue weighted by Gasteiger charge is -2.16. The van der Waals surface area contributed by atoms with Crippen molar-refractivity contribution in [1.29, 1.82) is 0 Å². The molecule has 0 bridgehead atoms. The summed E-state index contributed by atoms with van der Waals surface area (Å²) in [5.41, 5.74) is 3.09. The van der Waals surface area contributed by atoms with Gasteiger partial charge >= 0.3 is 0 Å². The number of carbonyl (C=O) groups excluding carboxylic acids is 1. The standard InChI is InChI=1S/C19H18N4O3S/c1-23(14-19(24)22-21-13-15-8-10-20-11-9-15)27(25,26)18-7-6-16-4-2-3-5-17(16)12-18/h2-13H,14H2,1H3,(H,22,24). The van der Waals surface area contributed by atoms with Gasteiger partial charge in [-0.2, -0.15) is 9.41 Å². The fourth-order valence-electron chi connectivity index (χ4n) is 2.46. The maximum Gasteiger partial charge on any atom is 0.255 e. The van der Waals surface area contributed by atoms with Gasteiger partial charge in [0.15, 0.2) is 0 Å². The number of pyridine rings is 1. The Bertz CT molecular complexity index is 1080. The molecule has 1 amide bonds. The first kappa shape index (κ1) is 18.7. The highest BCUT2D eigenvalue weighted by molar-refractivity contribution is 7.89. The Morgan fingerprint density at radius 3 is 2.56 bits per heavy atom. The molecule has 0 spiro atoms. The van der Waals surface area contributed by atoms with E-state index in [1.165, 1.54) is 19.3 Å². The Morgan fingerprint density at radius 2 is 1.81 bits per heavy atom. The summed E-state index contributed by atoms with van der Waals surface area (Å²) in [4.78, 5) is 16.0. The van der Waals surface area contributed by atoms with Crippen molar-refractivity contribution < 1.29 is 13.2 Å². The van der Waals surface area contributed by atoms with Crippen LogP contribution in [0.3, 0.4) is 0 Å². The quantitative estimate of drug-likeness (QED) is 0.521. The molecule has 0 unspecified atom stereocenters. The normalized spacial score (nSPS) is 11.9. The fraction of sp³-hybridized carbons (Fsp3) is 0.105. The molecule has 3 aromatic rings. The first-order valence-electron chi connectivity index (χ1n) is 8.14. The lowest BCUT2D eigenvalue weighted by Crippen LogP contribution is -2.36. The van der Waals surface area contributed by atoms with Crippen LogP contribution >= 0.6 is 0 Å². The number of carbonyl (C=O) groups is 1. The SMILES string of the molecule is CN(CC(=O)NN=Cc1ccncc1)S(=O)(=O)c1ccc2ccccc2c1. The highest BCUT2D eigenvalue weighted by Crippen LogP contribution is 2.21. The molecule has 27 heavy (non-hydrogen) atoms. The molecule has 1 aromatic heterocycles. The fourth-order valence-corrected chi connectivity index (χ4v) is 3.62. The van der Waals surface area contributed by atoms with Gasteiger partial charge in [0.05, 0.1) is 17.7 Å². The molecule has 3 rings (SSSR count). The van der Waals surface area contributed by atoms with Crippen molar-refractivity contribution in [1.82, 2.24) is 14.7 Å². The molecule has 0 fully saturated rings. The van der Waals surface area contributed by atoms with Crippen LogP contribution in [-0.4, -0.2) is 43.4 Å². The van der Waals surface area contributed by atoms with Crippen LogP contribution in [0, 0.1) is 0 Å². The molecule has 0 aliphatic heterocycles. The van der Waals surface area contributed by atoms with Gasteiger partial charge in [-0.3, -0.25) is 9.78 Å². The second kappa shape index (κ2) is 8.07. The number of hydrogen-bond donors (Lipinski definition) is 1. The predicted molar refractivity (Wildman–Crippen MR) is 104 cm³/mol. The molecule has 1 heterocycles. The summed E-state index contributed by atoms with van der Waals surface area (Å²) in [6.45, 7) is -0.344. The summed E-state index contributed by atoms with van der Waals surface area (Å²) in [7, 11) is -2.43. The van der Waals surface area contributed by atoms with E-state index in [-0.39, 0.29) is 11.4 Å². The predicted octanol–water partition coefficient (Wildman–Crippen LogP) is 2.01. The van der Waals surface area contributed by atoms with E-state index in [2.05, 4.69) is 15.5 Å². The molecule has 138 valence electrons. The average molecular weight is 382 g/mol. The van der Waals surface area contributed by atoms with Crippen LogP contribution in [0.1, 0.15) is 5.56 Å². The number of aromatic nitrogens is 1. The van der Waals surface area contributed by atoms with Gasteiger partial charge in [-0.15, -0.1) is 0 Å². The van der Waals surface area contributed by atoms with Crippen LogP contribution in [0.2, 0.25) is 0 Å². The molecule has 2 aromatic carbocycles. The third-order valence-electron chi connectivity index (χ3n) is 3.90. The van der Waals surface area contributed by atoms with E-state index in [9.17, 15) is 13.2 Å². The van der Waals surface area contributed by atoms with Gasteiger partial charge in [0.25, 0.3) is 5.91 Å². The smallest absolute Gasteiger partial charge is 0.255 e. The zero-order valence-electron chi connectivity index (χ0n) is 14.6. The van der Waals surface area contributed by atoms with E-state index in [0.29, 0.717) is 0 Å². The van der Waals surface area contributed by atoms with Crippen molar-refractivity contribution in [3.63, 3.8) is 0 Å². The third kappa shape index (κ3) is 4.55. The van der Waals surface area contributed by atoms with E-state index < -0.39 is 15.9 Å². The molecule has 0 saturated carbocycles. The number of hydrazone groups is 1. The summed E-state index contributed by atoms with van der Waals surface area (Å²) < 4.78 is 26.4. The highest BCUT2D eigenvalue weighted by Gasteiger charge is 2.23. The van der Waals surface area contributed by atoms with Crippen molar-refractivity contribution in [3.05, 3.63) is 72.6 Å². The minimum absolute atomic E-state index is 0.136. The van der Waals surface area contributed by atoms with Gasteiger partial charge in [-0.25, -0.2) is 13.8 Å². The first-order chi connectivity index (χ1) is 13.0. The van der Waals surface area contributed by atoms with Crippen molar-refractivity contribution in [2.24, 2.45) is 5.10 Å². The second-order valence-electron chi connectivity index (χ2n) is 5.84. The molecule has 0 atom stereocenters. The van der Waals surface area contributed by atoms with E-state index >= 15 is 0 Å². The lowest BCUT2D eigenvalue weighted by atomic mass is 10.1. The van der Waals surface area contributed by atoms with E-state index in [1.54, 1.807) is 36.7 Å². The molecule has 1 N–H and O–H groups in total. The largest absolute Gasteiger partial charge is 0.272 e. The Hall–Kier alpha value is -3.10. The summed E-state index contributed by atoms with van der Waals surface area (Å²) in [6, 6.07) is 15.8. The molecule has 0 aliphatic carbocycles. The Labute approximate surface area is 157 Å². The van der Waals surface area contributed by atoms with Crippen molar-refractivity contribution in [2.75, 3.05) is 13.6 Å². The van der Waals surface area contributed by atoms with Gasteiger partial charge < -0.3 is 0 Å². The summed E-state index contributed by atoms with van der Waals surface area (Å²) in [5, 5.41) is 5.58. The van der Waals surface area contributed by atoms with Crippen LogP contribution in [0.4, 0.5) is 0 Å². The zero-order valence-corrected chi connectivity index (χ0v) is 15.4. The van der Waals surface area contributed by atoms with Crippen molar-refractivity contribution in [2.45, 2.75) is 4.90 Å². The number of likely N-dealkylation sites (N-methyl/N-ethyl adjacent to an activating group) is 1. The number of sulfonamides is 1. The van der Waals surface area contributed by atoms with Gasteiger partial charge in [-0.05, 0) is 40.6 Å². The van der Waals surface area contributed by atoms with E-state index in [4.69, 9.17) is 0 Å². The number of amides is 1. The topological polar surface area (TPSA) is 91.7 Å². The van der Waals surface area contributed by atoms with Crippen LogP contribution in [0.5, 0.6) is 0 Å². The van der Waals surface area contributed by atoms with Gasteiger partial charge in [0.2, 0.25) is 10.0 Å². The van der Waals surface area contributed by atoms with Gasteiger partial charge in [0.1, 0.15) is 0 Å². The number of nitrogens with zero attached hydrogens (tertiary/aromatic N) is 3. The molecular formula is C19H18N4O3S. The number of rotatable bonds is 6. The summed E-state index contributed by atoms with van der Waals surface area (Å²) in [6.07, 6.45) is 4.66. The average Bonchev–Trinajstić information content (AvgIpc) is 2.68. The van der Waals surface area contributed by atoms with E-state index in [0.717, 1.165) is 20.6 Å². The minimum Gasteiger partial charge on any atom is -0.272 e. The van der Waals surface area contributed by atoms with Crippen LogP contribution < -0.4 is 5.43 Å². The number of benzene rings is 2. The summed E-state index contributed by atoms with van der Waals surface area (Å²) >= 11 is 0. The number of fused-ring (bicyclic) bond motifs is 1. The molecule has 0 aliphatic rings. The zero-order chi connectivity index (χ0) is 19.3. The highest BCUT2D eigenvalue weighted by atomic mass is 32.2. The van der Waals surface area contributed by atoms with Crippen molar-refractivity contribution in [3.8, 4) is 0 Å². The van der Waals surface area contributed by atoms with E-state index in [1.807, 2.05) is 24.3 Å². The molecular weight excluding hydrogens is 364 g/mol. The van der Waals surface area contributed by atoms with Gasteiger partial charge in [0, 0.05) is 19.4 Å². The summed E-state index contributed by atoms with van der Waals surface area (Å²) in [5.74, 6) is -0.535. The Kier molecular flexibility index (Phi) is 5.58. The lowest BCUT2D eigenvalue weighted by molar-refractivity contribution is -0.121. The van der Waals surface area contributed by atoms with Crippen LogP contribution in [0.15, 0.2) is 77.0 Å². The Morgan fingerprint density at radius 1 is 1.11 bits per heavy atom. The second-order valence-corrected chi connectivity index (χ2v) is 7.89. The Balaban J connectivity index is 1.67. The third-order valence-corrected chi connectivity index (χ3v) is 5.70. The number of hydrogen-bond acceptors (Lipinski definition) is 5. The van der Waals surface area contributed by atoms with Crippen molar-refractivity contribution >= 4 is 32.9 Å². The van der Waals surface area contributed by atoms with Gasteiger partial charge in [-0.1, -0.05) is 30.3 Å². The molecule has 0 saturated heterocycles. The number of nitrogens with one attached hydrogen (secondary N) is 1.